The number of carbonyl (C=O) groups is 1. The minimum atomic E-state index is -0.386. The van der Waals surface area contributed by atoms with Gasteiger partial charge in [-0.25, -0.2) is 4.79 Å². The third-order valence-corrected chi connectivity index (χ3v) is 1.81. The SMILES string of the molecule is COC(=O)C(C)=CNc1cccc(O)c1. The molecule has 0 saturated carbocycles. The third kappa shape index (κ3) is 3.34. The molecule has 0 bridgehead atoms. The lowest BCUT2D eigenvalue weighted by Gasteiger charge is -2.03. The summed E-state index contributed by atoms with van der Waals surface area (Å²) in [5.41, 5.74) is 1.17. The van der Waals surface area contributed by atoms with E-state index >= 15 is 0 Å². The summed E-state index contributed by atoms with van der Waals surface area (Å²) in [4.78, 5) is 11.0. The number of phenolic OH excluding ortho intramolecular Hbond substituents is 1. The van der Waals surface area contributed by atoms with Gasteiger partial charge in [0.05, 0.1) is 12.7 Å². The van der Waals surface area contributed by atoms with Gasteiger partial charge in [0, 0.05) is 18.0 Å². The number of ether oxygens (including phenoxy) is 1. The van der Waals surface area contributed by atoms with Crippen LogP contribution in [0.1, 0.15) is 6.92 Å². The molecule has 1 rings (SSSR count). The van der Waals surface area contributed by atoms with Crippen molar-refractivity contribution in [1.82, 2.24) is 0 Å². The van der Waals surface area contributed by atoms with Crippen molar-refractivity contribution in [3.8, 4) is 5.75 Å². The molecule has 0 spiro atoms. The minimum absolute atomic E-state index is 0.170. The van der Waals surface area contributed by atoms with Crippen molar-refractivity contribution < 1.29 is 14.6 Å². The maximum atomic E-state index is 11.0. The Balaban J connectivity index is 2.67. The van der Waals surface area contributed by atoms with E-state index in [2.05, 4.69) is 10.1 Å². The van der Waals surface area contributed by atoms with E-state index in [1.54, 1.807) is 31.2 Å². The summed E-state index contributed by atoms with van der Waals surface area (Å²) < 4.78 is 4.53. The molecule has 15 heavy (non-hydrogen) atoms. The number of aromatic hydroxyl groups is 1. The van der Waals surface area contributed by atoms with E-state index in [1.165, 1.54) is 13.3 Å². The van der Waals surface area contributed by atoms with E-state index in [0.717, 1.165) is 0 Å². The molecular weight excluding hydrogens is 194 g/mol. The highest BCUT2D eigenvalue weighted by atomic mass is 16.5. The van der Waals surface area contributed by atoms with Gasteiger partial charge in [-0.3, -0.25) is 0 Å². The molecule has 4 heteroatoms. The molecule has 0 amide bonds. The van der Waals surface area contributed by atoms with E-state index in [0.29, 0.717) is 11.3 Å². The number of benzene rings is 1. The van der Waals surface area contributed by atoms with Gasteiger partial charge in [-0.1, -0.05) is 6.07 Å². The zero-order valence-corrected chi connectivity index (χ0v) is 8.65. The standard InChI is InChI=1S/C11H13NO3/c1-8(11(14)15-2)7-12-9-4-3-5-10(13)6-9/h3-7,12-13H,1-2H3. The number of rotatable bonds is 3. The van der Waals surface area contributed by atoms with Crippen molar-refractivity contribution >= 4 is 11.7 Å². The Morgan fingerprint density at radius 2 is 2.27 bits per heavy atom. The first-order chi connectivity index (χ1) is 7.13. The molecule has 0 aliphatic heterocycles. The van der Waals surface area contributed by atoms with E-state index < -0.39 is 0 Å². The first-order valence-electron chi connectivity index (χ1n) is 4.44. The maximum absolute atomic E-state index is 11.0. The number of nitrogens with one attached hydrogen (secondary N) is 1. The predicted octanol–water partition coefficient (Wildman–Crippen LogP) is 1.88. The van der Waals surface area contributed by atoms with Gasteiger partial charge < -0.3 is 15.2 Å². The monoisotopic (exact) mass is 207 g/mol. The summed E-state index contributed by atoms with van der Waals surface area (Å²) in [6.45, 7) is 1.64. The lowest BCUT2D eigenvalue weighted by Crippen LogP contribution is -2.03. The van der Waals surface area contributed by atoms with Gasteiger partial charge in [-0.05, 0) is 19.1 Å². The summed E-state index contributed by atoms with van der Waals surface area (Å²) >= 11 is 0. The van der Waals surface area contributed by atoms with Crippen LogP contribution in [0.5, 0.6) is 5.75 Å². The Bertz CT molecular complexity index is 385. The molecule has 0 aromatic heterocycles. The number of methoxy groups -OCH3 is 1. The Morgan fingerprint density at radius 3 is 2.87 bits per heavy atom. The van der Waals surface area contributed by atoms with Crippen LogP contribution in [0, 0.1) is 0 Å². The second kappa shape index (κ2) is 5.05. The molecule has 0 aliphatic carbocycles. The molecule has 0 saturated heterocycles. The van der Waals surface area contributed by atoms with Gasteiger partial charge in [0.15, 0.2) is 0 Å². The van der Waals surface area contributed by atoms with Crippen molar-refractivity contribution in [1.29, 1.82) is 0 Å². The Morgan fingerprint density at radius 1 is 1.53 bits per heavy atom. The van der Waals surface area contributed by atoms with Gasteiger partial charge in [0.2, 0.25) is 0 Å². The van der Waals surface area contributed by atoms with Crippen LogP contribution in [0.3, 0.4) is 0 Å². The summed E-state index contributed by atoms with van der Waals surface area (Å²) in [5.74, 6) is -0.216. The minimum Gasteiger partial charge on any atom is -0.508 e. The van der Waals surface area contributed by atoms with E-state index in [9.17, 15) is 9.90 Å². The first kappa shape index (κ1) is 11.1. The normalized spacial score (nSPS) is 10.9. The fraction of sp³-hybridized carbons (Fsp3) is 0.182. The first-order valence-corrected chi connectivity index (χ1v) is 4.44. The molecule has 1 aromatic rings. The highest BCUT2D eigenvalue weighted by Crippen LogP contribution is 2.15. The Hall–Kier alpha value is -1.97. The molecule has 80 valence electrons. The number of hydrogen-bond acceptors (Lipinski definition) is 4. The van der Waals surface area contributed by atoms with E-state index in [4.69, 9.17) is 0 Å². The topological polar surface area (TPSA) is 58.6 Å². The second-order valence-electron chi connectivity index (χ2n) is 3.01. The van der Waals surface area contributed by atoms with Gasteiger partial charge in [0.25, 0.3) is 0 Å². The zero-order chi connectivity index (χ0) is 11.3. The van der Waals surface area contributed by atoms with Gasteiger partial charge in [-0.15, -0.1) is 0 Å². The molecule has 1 aromatic carbocycles. The van der Waals surface area contributed by atoms with Crippen LogP contribution in [0.25, 0.3) is 0 Å². The summed E-state index contributed by atoms with van der Waals surface area (Å²) in [6, 6.07) is 6.61. The fourth-order valence-electron chi connectivity index (χ4n) is 1.01. The number of anilines is 1. The number of phenols is 1. The summed E-state index contributed by atoms with van der Waals surface area (Å²) in [5, 5.41) is 12.1. The second-order valence-corrected chi connectivity index (χ2v) is 3.01. The van der Waals surface area contributed by atoms with Gasteiger partial charge in [-0.2, -0.15) is 0 Å². The van der Waals surface area contributed by atoms with Crippen LogP contribution >= 0.6 is 0 Å². The van der Waals surface area contributed by atoms with Crippen molar-refractivity contribution in [3.05, 3.63) is 36.0 Å². The fourth-order valence-corrected chi connectivity index (χ4v) is 1.01. The summed E-state index contributed by atoms with van der Waals surface area (Å²) in [6.07, 6.45) is 1.53. The largest absolute Gasteiger partial charge is 0.508 e. The summed E-state index contributed by atoms with van der Waals surface area (Å²) in [7, 11) is 1.33. The average Bonchev–Trinajstić information content (AvgIpc) is 2.25. The van der Waals surface area contributed by atoms with E-state index in [1.807, 2.05) is 0 Å². The Labute approximate surface area is 88.2 Å². The number of esters is 1. The molecule has 0 heterocycles. The van der Waals surface area contributed by atoms with Crippen LogP contribution in [0.15, 0.2) is 36.0 Å². The van der Waals surface area contributed by atoms with Gasteiger partial charge >= 0.3 is 5.97 Å². The quantitative estimate of drug-likeness (QED) is 0.587. The molecule has 0 atom stereocenters. The number of hydrogen-bond donors (Lipinski definition) is 2. The molecule has 4 nitrogen and oxygen atoms in total. The van der Waals surface area contributed by atoms with Crippen LogP contribution in [0.4, 0.5) is 5.69 Å². The lowest BCUT2D eigenvalue weighted by molar-refractivity contribution is -0.136. The van der Waals surface area contributed by atoms with Crippen molar-refractivity contribution in [2.45, 2.75) is 6.92 Å². The van der Waals surface area contributed by atoms with Crippen LogP contribution in [-0.2, 0) is 9.53 Å². The highest BCUT2D eigenvalue weighted by Gasteiger charge is 2.01. The molecule has 0 aliphatic rings. The molecular formula is C11H13NO3. The molecule has 0 unspecified atom stereocenters. The molecule has 2 N–H and O–H groups in total. The average molecular weight is 207 g/mol. The predicted molar refractivity (Wildman–Crippen MR) is 57.5 cm³/mol. The van der Waals surface area contributed by atoms with Gasteiger partial charge in [0.1, 0.15) is 5.75 Å². The third-order valence-electron chi connectivity index (χ3n) is 1.81. The number of carbonyl (C=O) groups excluding carboxylic acids is 1. The van der Waals surface area contributed by atoms with E-state index in [-0.39, 0.29) is 11.7 Å². The van der Waals surface area contributed by atoms with Crippen molar-refractivity contribution in [2.24, 2.45) is 0 Å². The maximum Gasteiger partial charge on any atom is 0.334 e. The molecule has 0 fully saturated rings. The van der Waals surface area contributed by atoms with Crippen molar-refractivity contribution in [2.75, 3.05) is 12.4 Å². The lowest BCUT2D eigenvalue weighted by atomic mass is 10.3. The Kier molecular flexibility index (Phi) is 3.74. The molecule has 0 radical (unpaired) electrons. The smallest absolute Gasteiger partial charge is 0.334 e. The van der Waals surface area contributed by atoms with Crippen molar-refractivity contribution in [3.63, 3.8) is 0 Å². The van der Waals surface area contributed by atoms with Crippen LogP contribution in [-0.4, -0.2) is 18.2 Å². The zero-order valence-electron chi connectivity index (χ0n) is 8.65. The highest BCUT2D eigenvalue weighted by molar-refractivity contribution is 5.88. The van der Waals surface area contributed by atoms with Crippen LogP contribution < -0.4 is 5.32 Å². The van der Waals surface area contributed by atoms with Crippen LogP contribution in [0.2, 0.25) is 0 Å².